The fourth-order valence-electron chi connectivity index (χ4n) is 16.9. The predicted octanol–water partition coefficient (Wildman–Crippen LogP) is 28.3. The van der Waals surface area contributed by atoms with Gasteiger partial charge in [-0.1, -0.05) is 358 Å². The van der Waals surface area contributed by atoms with E-state index < -0.39 is 0 Å². The van der Waals surface area contributed by atoms with Crippen molar-refractivity contribution in [1.29, 1.82) is 0 Å². The summed E-state index contributed by atoms with van der Waals surface area (Å²) in [6.07, 6.45) is 0. The topological polar surface area (TPSA) is 77.3 Å². The molecule has 0 radical (unpaired) electrons. The van der Waals surface area contributed by atoms with E-state index in [2.05, 4.69) is 370 Å². The zero-order valence-electron chi connectivity index (χ0n) is 61.9. The first-order valence-corrected chi connectivity index (χ1v) is 38.7. The lowest BCUT2D eigenvalue weighted by atomic mass is 9.87. The summed E-state index contributed by atoms with van der Waals surface area (Å²) in [7, 11) is 0. The fraction of sp³-hybridized carbons (Fsp3) is 0. The van der Waals surface area contributed by atoms with Gasteiger partial charge >= 0.3 is 0 Å². The number of rotatable bonds is 14. The molecular formula is C108H68N6. The Morgan fingerprint density at radius 3 is 0.956 bits per heavy atom. The van der Waals surface area contributed by atoms with Gasteiger partial charge in [0.05, 0.1) is 0 Å². The molecule has 0 atom stereocenters. The largest absolute Gasteiger partial charge is 0.208 e. The first-order valence-electron chi connectivity index (χ1n) is 38.7. The Hall–Kier alpha value is -15.2. The molecule has 2 aromatic heterocycles. The van der Waals surface area contributed by atoms with Crippen LogP contribution in [0.4, 0.5) is 0 Å². The maximum Gasteiger partial charge on any atom is 0.165 e. The van der Waals surface area contributed by atoms with Crippen molar-refractivity contribution in [1.82, 2.24) is 29.9 Å². The average molecular weight is 1450 g/mol. The van der Waals surface area contributed by atoms with E-state index in [0.717, 1.165) is 144 Å². The summed E-state index contributed by atoms with van der Waals surface area (Å²) in [5.41, 5.74) is 23.1. The number of aromatic nitrogens is 6. The molecule has 0 unspecified atom stereocenters. The van der Waals surface area contributed by atoms with Gasteiger partial charge in [-0.3, -0.25) is 0 Å². The third-order valence-electron chi connectivity index (χ3n) is 22.4. The van der Waals surface area contributed by atoms with Crippen LogP contribution in [-0.2, 0) is 0 Å². The number of hydrogen-bond donors (Lipinski definition) is 0. The molecule has 0 spiro atoms. The summed E-state index contributed by atoms with van der Waals surface area (Å²) in [6, 6.07) is 148. The van der Waals surface area contributed by atoms with E-state index in [1.807, 2.05) is 42.5 Å². The van der Waals surface area contributed by atoms with Gasteiger partial charge in [-0.05, 0) is 208 Å². The molecular weight excluding hydrogens is 1380 g/mol. The molecule has 0 aliphatic carbocycles. The molecule has 0 N–H and O–H groups in total. The zero-order chi connectivity index (χ0) is 75.4. The molecule has 0 fully saturated rings. The SMILES string of the molecule is c1ccc(-c2nc(-c3ccccc3-c3ccccc3)nc(-c3ccc(-c4ccc5cc(-c6cccc(-c7cccc(-c8ccccc8)c7-c7nc(-c8ccccc8)nc(-c8ccc(-c9ccc%10cc(-c%11cc%12ccccc%12c%12ccccc%11%12)ccc%10c9)c9ccccc89)n7)c6)c(-c6ccccc6)cc5c4)c4ccccc34)n2)cc1. The van der Waals surface area contributed by atoms with Crippen molar-refractivity contribution in [2.24, 2.45) is 0 Å². The molecule has 0 bridgehead atoms. The molecule has 114 heavy (non-hydrogen) atoms. The van der Waals surface area contributed by atoms with E-state index in [4.69, 9.17) is 29.9 Å². The molecule has 2 heterocycles. The van der Waals surface area contributed by atoms with Gasteiger partial charge in [-0.25, -0.2) is 29.9 Å². The van der Waals surface area contributed by atoms with Crippen molar-refractivity contribution in [2.75, 3.05) is 0 Å². The van der Waals surface area contributed by atoms with E-state index in [0.29, 0.717) is 34.9 Å². The second kappa shape index (κ2) is 28.6. The van der Waals surface area contributed by atoms with Crippen LogP contribution in [0.5, 0.6) is 0 Å². The molecule has 21 rings (SSSR count). The van der Waals surface area contributed by atoms with Crippen molar-refractivity contribution >= 4 is 64.6 Å². The summed E-state index contributed by atoms with van der Waals surface area (Å²) in [5.74, 6) is 3.58. The lowest BCUT2D eigenvalue weighted by molar-refractivity contribution is 1.08. The van der Waals surface area contributed by atoms with Crippen molar-refractivity contribution in [3.63, 3.8) is 0 Å². The highest BCUT2D eigenvalue weighted by atomic mass is 15.0. The van der Waals surface area contributed by atoms with Gasteiger partial charge in [0.25, 0.3) is 0 Å². The summed E-state index contributed by atoms with van der Waals surface area (Å²) >= 11 is 0. The van der Waals surface area contributed by atoms with E-state index in [-0.39, 0.29) is 0 Å². The molecule has 0 amide bonds. The highest BCUT2D eigenvalue weighted by molar-refractivity contribution is 6.15. The maximum absolute atomic E-state index is 5.67. The van der Waals surface area contributed by atoms with Crippen molar-refractivity contribution < 1.29 is 0 Å². The first kappa shape index (κ1) is 66.9. The van der Waals surface area contributed by atoms with Crippen LogP contribution in [0.2, 0.25) is 0 Å². The average Bonchev–Trinajstić information content (AvgIpc) is 0.747. The molecule has 6 heteroatoms. The van der Waals surface area contributed by atoms with Gasteiger partial charge in [0.1, 0.15) is 0 Å². The van der Waals surface area contributed by atoms with Crippen LogP contribution in [0.15, 0.2) is 413 Å². The monoisotopic (exact) mass is 1450 g/mol. The van der Waals surface area contributed by atoms with E-state index in [9.17, 15) is 0 Å². The van der Waals surface area contributed by atoms with E-state index in [1.165, 1.54) is 43.4 Å². The Morgan fingerprint density at radius 2 is 0.412 bits per heavy atom. The van der Waals surface area contributed by atoms with Crippen LogP contribution in [0.1, 0.15) is 0 Å². The number of fused-ring (bicyclic) bond motifs is 7. The van der Waals surface area contributed by atoms with E-state index >= 15 is 0 Å². The minimum absolute atomic E-state index is 0.573. The fourth-order valence-corrected chi connectivity index (χ4v) is 16.9. The Bertz CT molecular complexity index is 7330. The van der Waals surface area contributed by atoms with E-state index in [1.54, 1.807) is 0 Å². The summed E-state index contributed by atoms with van der Waals surface area (Å²) < 4.78 is 0. The zero-order valence-corrected chi connectivity index (χ0v) is 61.9. The van der Waals surface area contributed by atoms with Crippen LogP contribution < -0.4 is 0 Å². The third-order valence-corrected chi connectivity index (χ3v) is 22.4. The Balaban J connectivity index is 0.663. The second-order valence-electron chi connectivity index (χ2n) is 29.1. The van der Waals surface area contributed by atoms with Crippen LogP contribution in [0, 0.1) is 0 Å². The van der Waals surface area contributed by atoms with Crippen LogP contribution in [0.25, 0.3) is 222 Å². The normalized spacial score (nSPS) is 11.5. The van der Waals surface area contributed by atoms with Crippen molar-refractivity contribution in [3.8, 4) is 157 Å². The van der Waals surface area contributed by atoms with Gasteiger partial charge in [-0.15, -0.1) is 0 Å². The standard InChI is InChI=1S/C108H68N6/c1-6-28-69(29-7-1)84-41-18-25-49-96(84)105-109-103(72-34-12-4-13-35-72)110-106(113-105)97-60-59-87(92-45-20-22-46-93(92)97)81-56-54-76-66-101(99(68-83(76)65-81)71-32-10-3-11-33-71)78-40-26-39-77(64-78)89-51-27-50-88(70-30-8-2-9-31-70)102(89)108-112-104(73-36-14-5-15-37-73)111-107(114-108)98-61-58-86(91-44-19-23-47-94(91)98)80-55-52-75-63-82(57-53-74(75)62-80)100-67-79-38-16-17-42-85(79)90-43-21-24-48-95(90)100/h1-68H. The number of benzene rings is 19. The molecule has 6 nitrogen and oxygen atoms in total. The molecule has 19 aromatic carbocycles. The Morgan fingerprint density at radius 1 is 0.114 bits per heavy atom. The molecule has 0 aliphatic rings. The van der Waals surface area contributed by atoms with Crippen molar-refractivity contribution in [3.05, 3.63) is 413 Å². The third kappa shape index (κ3) is 12.3. The van der Waals surface area contributed by atoms with Gasteiger partial charge in [0.15, 0.2) is 34.9 Å². The number of hydrogen-bond acceptors (Lipinski definition) is 6. The molecule has 0 saturated carbocycles. The van der Waals surface area contributed by atoms with Crippen LogP contribution in [-0.4, -0.2) is 29.9 Å². The highest BCUT2D eigenvalue weighted by Gasteiger charge is 2.25. The van der Waals surface area contributed by atoms with Gasteiger partial charge in [-0.2, -0.15) is 0 Å². The lowest BCUT2D eigenvalue weighted by Crippen LogP contribution is -2.03. The Kier molecular flexibility index (Phi) is 16.8. The molecule has 0 saturated heterocycles. The molecule has 530 valence electrons. The first-order chi connectivity index (χ1) is 56.5. The minimum Gasteiger partial charge on any atom is -0.208 e. The molecule has 0 aliphatic heterocycles. The van der Waals surface area contributed by atoms with Crippen molar-refractivity contribution in [2.45, 2.75) is 0 Å². The predicted molar refractivity (Wildman–Crippen MR) is 474 cm³/mol. The summed E-state index contributed by atoms with van der Waals surface area (Å²) in [4.78, 5) is 32.4. The smallest absolute Gasteiger partial charge is 0.165 e. The van der Waals surface area contributed by atoms with Gasteiger partial charge in [0, 0.05) is 33.4 Å². The summed E-state index contributed by atoms with van der Waals surface area (Å²) in [5, 5.41) is 13.9. The second-order valence-corrected chi connectivity index (χ2v) is 29.1. The van der Waals surface area contributed by atoms with Gasteiger partial charge in [0.2, 0.25) is 0 Å². The van der Waals surface area contributed by atoms with Crippen LogP contribution in [0.3, 0.4) is 0 Å². The van der Waals surface area contributed by atoms with Gasteiger partial charge < -0.3 is 0 Å². The lowest BCUT2D eigenvalue weighted by Gasteiger charge is -2.18. The number of nitrogens with zero attached hydrogens (tertiary/aromatic N) is 6. The highest BCUT2D eigenvalue weighted by Crippen LogP contribution is 2.47. The minimum atomic E-state index is 0.573. The summed E-state index contributed by atoms with van der Waals surface area (Å²) in [6.45, 7) is 0. The quantitative estimate of drug-likeness (QED) is 0.101. The Labute approximate surface area is 660 Å². The van der Waals surface area contributed by atoms with Crippen LogP contribution >= 0.6 is 0 Å². The maximum atomic E-state index is 5.67. The molecule has 21 aromatic rings.